The van der Waals surface area contributed by atoms with Crippen LogP contribution in [0.2, 0.25) is 0 Å². The number of hydrogen-bond acceptors (Lipinski definition) is 4. The lowest BCUT2D eigenvalue weighted by atomic mass is 10.1. The standard InChI is InChI=1S/C20H18N4O/c1-13-4-3-5-14(2)19(13)23-20-18-10-21-12-24(18)17(11-22-20)15-6-8-16(25)9-7-15/h3-12,25H,1-2H3,(H,22,23). The lowest BCUT2D eigenvalue weighted by Crippen LogP contribution is -2.02. The Bertz CT molecular complexity index is 1030. The molecule has 5 heteroatoms. The topological polar surface area (TPSA) is 62.5 Å². The number of phenolic OH excluding ortho intramolecular Hbond substituents is 1. The number of imidazole rings is 1. The summed E-state index contributed by atoms with van der Waals surface area (Å²) in [6, 6.07) is 13.3. The molecule has 2 N–H and O–H groups in total. The van der Waals surface area contributed by atoms with Gasteiger partial charge in [0.2, 0.25) is 0 Å². The molecular weight excluding hydrogens is 312 g/mol. The molecule has 0 fully saturated rings. The number of aryl methyl sites for hydroxylation is 2. The lowest BCUT2D eigenvalue weighted by molar-refractivity contribution is 0.475. The Morgan fingerprint density at radius 1 is 0.960 bits per heavy atom. The number of fused-ring (bicyclic) bond motifs is 1. The normalized spacial score (nSPS) is 11.0. The van der Waals surface area contributed by atoms with E-state index >= 15 is 0 Å². The Kier molecular flexibility index (Phi) is 3.61. The molecule has 25 heavy (non-hydrogen) atoms. The van der Waals surface area contributed by atoms with Crippen LogP contribution in [-0.4, -0.2) is 19.5 Å². The highest BCUT2D eigenvalue weighted by Gasteiger charge is 2.11. The minimum Gasteiger partial charge on any atom is -0.508 e. The molecule has 0 aliphatic rings. The van der Waals surface area contributed by atoms with E-state index in [9.17, 15) is 5.11 Å². The van der Waals surface area contributed by atoms with Crippen molar-refractivity contribution in [3.05, 3.63) is 72.3 Å². The average Bonchev–Trinajstić information content (AvgIpc) is 3.09. The Labute approximate surface area is 145 Å². The van der Waals surface area contributed by atoms with Gasteiger partial charge in [0.1, 0.15) is 11.3 Å². The van der Waals surface area contributed by atoms with Crippen LogP contribution in [0.3, 0.4) is 0 Å². The lowest BCUT2D eigenvalue weighted by Gasteiger charge is -2.14. The fraction of sp³-hybridized carbons (Fsp3) is 0.100. The molecule has 4 aromatic rings. The summed E-state index contributed by atoms with van der Waals surface area (Å²) >= 11 is 0. The molecule has 0 amide bonds. The van der Waals surface area contributed by atoms with Crippen molar-refractivity contribution in [2.45, 2.75) is 13.8 Å². The third-order valence-corrected chi connectivity index (χ3v) is 4.34. The smallest absolute Gasteiger partial charge is 0.156 e. The van der Waals surface area contributed by atoms with Crippen LogP contribution >= 0.6 is 0 Å². The second-order valence-corrected chi connectivity index (χ2v) is 6.08. The molecule has 0 spiro atoms. The number of aromatic hydroxyl groups is 1. The van der Waals surface area contributed by atoms with E-state index in [1.54, 1.807) is 24.7 Å². The first-order chi connectivity index (χ1) is 12.1. The van der Waals surface area contributed by atoms with E-state index < -0.39 is 0 Å². The quantitative estimate of drug-likeness (QED) is 0.582. The monoisotopic (exact) mass is 330 g/mol. The number of hydrogen-bond donors (Lipinski definition) is 2. The van der Waals surface area contributed by atoms with Gasteiger partial charge >= 0.3 is 0 Å². The van der Waals surface area contributed by atoms with E-state index in [0.29, 0.717) is 0 Å². The summed E-state index contributed by atoms with van der Waals surface area (Å²) < 4.78 is 2.00. The summed E-state index contributed by atoms with van der Waals surface area (Å²) in [5, 5.41) is 12.9. The molecule has 2 heterocycles. The van der Waals surface area contributed by atoms with Crippen molar-refractivity contribution in [2.24, 2.45) is 0 Å². The summed E-state index contributed by atoms with van der Waals surface area (Å²) in [6.45, 7) is 4.15. The van der Waals surface area contributed by atoms with Gasteiger partial charge in [0, 0.05) is 11.3 Å². The van der Waals surface area contributed by atoms with Crippen molar-refractivity contribution in [3.8, 4) is 17.0 Å². The van der Waals surface area contributed by atoms with Crippen LogP contribution in [0.4, 0.5) is 11.5 Å². The van der Waals surface area contributed by atoms with Gasteiger partial charge in [-0.1, -0.05) is 18.2 Å². The van der Waals surface area contributed by atoms with Crippen LogP contribution in [0.15, 0.2) is 61.2 Å². The van der Waals surface area contributed by atoms with Gasteiger partial charge in [-0.3, -0.25) is 4.40 Å². The van der Waals surface area contributed by atoms with E-state index in [2.05, 4.69) is 41.3 Å². The van der Waals surface area contributed by atoms with Gasteiger partial charge < -0.3 is 10.4 Å². The van der Waals surface area contributed by atoms with Crippen LogP contribution < -0.4 is 5.32 Å². The van der Waals surface area contributed by atoms with Crippen LogP contribution in [0.25, 0.3) is 16.8 Å². The molecule has 0 aliphatic heterocycles. The molecule has 2 aromatic heterocycles. The van der Waals surface area contributed by atoms with Gasteiger partial charge in [-0.05, 0) is 49.2 Å². The van der Waals surface area contributed by atoms with Crippen molar-refractivity contribution in [3.63, 3.8) is 0 Å². The molecule has 0 bridgehead atoms. The van der Waals surface area contributed by atoms with Gasteiger partial charge in [-0.25, -0.2) is 9.97 Å². The zero-order valence-electron chi connectivity index (χ0n) is 14.1. The molecule has 0 saturated heterocycles. The molecule has 2 aromatic carbocycles. The van der Waals surface area contributed by atoms with E-state index in [4.69, 9.17) is 0 Å². The Balaban J connectivity index is 1.81. The molecule has 0 saturated carbocycles. The molecule has 124 valence electrons. The predicted molar refractivity (Wildman–Crippen MR) is 99.3 cm³/mol. The molecule has 5 nitrogen and oxygen atoms in total. The van der Waals surface area contributed by atoms with Crippen LogP contribution in [0.5, 0.6) is 5.75 Å². The van der Waals surface area contributed by atoms with E-state index in [0.717, 1.165) is 28.3 Å². The van der Waals surface area contributed by atoms with Crippen molar-refractivity contribution in [1.82, 2.24) is 14.4 Å². The number of nitrogens with zero attached hydrogens (tertiary/aromatic N) is 3. The fourth-order valence-corrected chi connectivity index (χ4v) is 2.99. The highest BCUT2D eigenvalue weighted by atomic mass is 16.3. The van der Waals surface area contributed by atoms with Crippen molar-refractivity contribution in [2.75, 3.05) is 5.32 Å². The van der Waals surface area contributed by atoms with Gasteiger partial charge in [0.15, 0.2) is 5.82 Å². The number of para-hydroxylation sites is 1. The number of benzene rings is 2. The van der Waals surface area contributed by atoms with E-state index in [1.165, 1.54) is 11.1 Å². The maximum Gasteiger partial charge on any atom is 0.156 e. The van der Waals surface area contributed by atoms with Crippen LogP contribution in [-0.2, 0) is 0 Å². The van der Waals surface area contributed by atoms with Gasteiger partial charge in [0.05, 0.1) is 24.4 Å². The molecule has 0 atom stereocenters. The summed E-state index contributed by atoms with van der Waals surface area (Å²) in [5.41, 5.74) is 6.18. The first-order valence-electron chi connectivity index (χ1n) is 8.07. The molecule has 0 aliphatic carbocycles. The van der Waals surface area contributed by atoms with Crippen molar-refractivity contribution in [1.29, 1.82) is 0 Å². The number of aromatic nitrogens is 3. The second kappa shape index (κ2) is 5.94. The summed E-state index contributed by atoms with van der Waals surface area (Å²) in [5.74, 6) is 1.00. The maximum atomic E-state index is 9.49. The minimum atomic E-state index is 0.242. The second-order valence-electron chi connectivity index (χ2n) is 6.08. The summed E-state index contributed by atoms with van der Waals surface area (Å²) in [4.78, 5) is 8.91. The molecule has 4 rings (SSSR count). The predicted octanol–water partition coefficient (Wildman–Crippen LogP) is 4.46. The van der Waals surface area contributed by atoms with Gasteiger partial charge in [-0.2, -0.15) is 0 Å². The Morgan fingerprint density at radius 3 is 2.40 bits per heavy atom. The first kappa shape index (κ1) is 15.2. The highest BCUT2D eigenvalue weighted by molar-refractivity contribution is 5.78. The summed E-state index contributed by atoms with van der Waals surface area (Å²) in [7, 11) is 0. The average molecular weight is 330 g/mol. The number of phenols is 1. The first-order valence-corrected chi connectivity index (χ1v) is 8.07. The summed E-state index contributed by atoms with van der Waals surface area (Å²) in [6.07, 6.45) is 5.39. The van der Waals surface area contributed by atoms with Gasteiger partial charge in [-0.15, -0.1) is 0 Å². The third-order valence-electron chi connectivity index (χ3n) is 4.34. The zero-order valence-corrected chi connectivity index (χ0v) is 14.1. The third kappa shape index (κ3) is 2.70. The van der Waals surface area contributed by atoms with Crippen LogP contribution in [0.1, 0.15) is 11.1 Å². The SMILES string of the molecule is Cc1cccc(C)c1Nc1ncc(-c2ccc(O)cc2)n2cncc12. The highest BCUT2D eigenvalue weighted by Crippen LogP contribution is 2.29. The zero-order chi connectivity index (χ0) is 17.4. The van der Waals surface area contributed by atoms with Crippen LogP contribution in [0, 0.1) is 13.8 Å². The number of nitrogens with one attached hydrogen (secondary N) is 1. The Hall–Kier alpha value is -3.34. The number of rotatable bonds is 3. The van der Waals surface area contributed by atoms with Gasteiger partial charge in [0.25, 0.3) is 0 Å². The molecule has 0 unspecified atom stereocenters. The number of anilines is 2. The maximum absolute atomic E-state index is 9.49. The minimum absolute atomic E-state index is 0.242. The molecular formula is C20H18N4O. The molecule has 0 radical (unpaired) electrons. The van der Waals surface area contributed by atoms with Crippen molar-refractivity contribution >= 4 is 17.0 Å². The van der Waals surface area contributed by atoms with E-state index in [-0.39, 0.29) is 5.75 Å². The Morgan fingerprint density at radius 2 is 1.68 bits per heavy atom. The van der Waals surface area contributed by atoms with Crippen molar-refractivity contribution < 1.29 is 5.11 Å². The fourth-order valence-electron chi connectivity index (χ4n) is 2.99. The largest absolute Gasteiger partial charge is 0.508 e. The van der Waals surface area contributed by atoms with E-state index in [1.807, 2.05) is 28.8 Å².